The number of esters is 1. The van der Waals surface area contributed by atoms with E-state index in [1.165, 1.54) is 11.4 Å². The highest BCUT2D eigenvalue weighted by molar-refractivity contribution is 7.89. The van der Waals surface area contributed by atoms with Gasteiger partial charge in [-0.1, -0.05) is 35.9 Å². The van der Waals surface area contributed by atoms with Crippen LogP contribution < -0.4 is 0 Å². The number of rotatable bonds is 7. The van der Waals surface area contributed by atoms with Gasteiger partial charge in [0.1, 0.15) is 0 Å². The number of nitrogens with zero attached hydrogens (tertiary/aromatic N) is 1. The minimum atomic E-state index is -3.73. The van der Waals surface area contributed by atoms with Gasteiger partial charge >= 0.3 is 5.97 Å². The third kappa shape index (κ3) is 3.23. The third-order valence-electron chi connectivity index (χ3n) is 5.40. The fourth-order valence-corrected chi connectivity index (χ4v) is 5.84. The van der Waals surface area contributed by atoms with Crippen molar-refractivity contribution in [1.29, 1.82) is 0 Å². The number of sulfonamides is 1. The fourth-order valence-electron chi connectivity index (χ4n) is 4.13. The Morgan fingerprint density at radius 2 is 1.92 bits per heavy atom. The Kier molecular flexibility index (Phi) is 5.34. The monoisotopic (exact) mass is 375 g/mol. The molecule has 140 valence electrons. The predicted octanol–water partition coefficient (Wildman–Crippen LogP) is 2.93. The number of carbonyl (C=O) groups is 1. The van der Waals surface area contributed by atoms with Gasteiger partial charge in [-0.3, -0.25) is 4.79 Å². The quantitative estimate of drug-likeness (QED) is 0.543. The number of carbonyl (C=O) groups excluding carboxylic acids is 1. The fraction of sp³-hybridized carbons (Fsp3) is 0.450. The van der Waals surface area contributed by atoms with Gasteiger partial charge in [-0.2, -0.15) is 4.31 Å². The van der Waals surface area contributed by atoms with Crippen molar-refractivity contribution in [3.05, 3.63) is 54.6 Å². The van der Waals surface area contributed by atoms with Crippen molar-refractivity contribution in [3.63, 3.8) is 0 Å². The van der Waals surface area contributed by atoms with Gasteiger partial charge in [0.25, 0.3) is 0 Å². The Hall–Kier alpha value is -1.92. The first kappa shape index (κ1) is 18.9. The minimum Gasteiger partial charge on any atom is -0.469 e. The van der Waals surface area contributed by atoms with Crippen LogP contribution in [0.3, 0.4) is 0 Å². The summed E-state index contributed by atoms with van der Waals surface area (Å²) in [5.41, 5.74) is 0.997. The van der Waals surface area contributed by atoms with Crippen LogP contribution in [0.1, 0.15) is 18.4 Å². The smallest absolute Gasteiger partial charge is 0.310 e. The molecule has 2 aliphatic carbocycles. The zero-order valence-corrected chi connectivity index (χ0v) is 16.0. The Balaban J connectivity index is 2.02. The molecule has 1 aromatic rings. The number of aryl methyl sites for hydroxylation is 1. The van der Waals surface area contributed by atoms with E-state index in [1.54, 1.807) is 30.3 Å². The van der Waals surface area contributed by atoms with Gasteiger partial charge in [0.15, 0.2) is 0 Å². The molecule has 26 heavy (non-hydrogen) atoms. The first-order valence-electron chi connectivity index (χ1n) is 8.85. The standard InChI is InChI=1S/C20H25NO4S/c1-4-5-12-21(26(23,24)17-10-6-14(2)7-11-17)19-16-9-8-15(13-16)18(19)20(22)25-3/h4,6-11,15-16,18-19H,1,5,12-13H2,2-3H3/t15-,16+,18+,19+/m0/s1. The van der Waals surface area contributed by atoms with Crippen LogP contribution in [0, 0.1) is 24.7 Å². The summed E-state index contributed by atoms with van der Waals surface area (Å²) in [6.45, 7) is 5.93. The molecule has 3 rings (SSSR count). The molecule has 0 saturated heterocycles. The molecule has 1 fully saturated rings. The van der Waals surface area contributed by atoms with Crippen LogP contribution in [0.4, 0.5) is 0 Å². The van der Waals surface area contributed by atoms with Crippen LogP contribution in [0.5, 0.6) is 0 Å². The van der Waals surface area contributed by atoms with E-state index in [9.17, 15) is 13.2 Å². The van der Waals surface area contributed by atoms with E-state index in [0.29, 0.717) is 13.0 Å². The normalized spacial score (nSPS) is 27.0. The Labute approximate surface area is 155 Å². The highest BCUT2D eigenvalue weighted by atomic mass is 32.2. The molecule has 1 aromatic carbocycles. The van der Waals surface area contributed by atoms with Crippen LogP contribution in [0.2, 0.25) is 0 Å². The highest BCUT2D eigenvalue weighted by Gasteiger charge is 2.53. The zero-order chi connectivity index (χ0) is 18.9. The average Bonchev–Trinajstić information content (AvgIpc) is 3.23. The van der Waals surface area contributed by atoms with Crippen molar-refractivity contribution in [2.75, 3.05) is 13.7 Å². The maximum absolute atomic E-state index is 13.4. The molecule has 0 spiro atoms. The van der Waals surface area contributed by atoms with E-state index in [2.05, 4.69) is 6.58 Å². The molecule has 6 heteroatoms. The van der Waals surface area contributed by atoms with Crippen LogP contribution in [-0.2, 0) is 19.6 Å². The molecule has 0 amide bonds. The Morgan fingerprint density at radius 1 is 1.27 bits per heavy atom. The molecule has 5 nitrogen and oxygen atoms in total. The topological polar surface area (TPSA) is 63.7 Å². The molecule has 0 unspecified atom stereocenters. The number of fused-ring (bicyclic) bond motifs is 2. The number of hydrogen-bond acceptors (Lipinski definition) is 4. The molecular formula is C20H25NO4S. The summed E-state index contributed by atoms with van der Waals surface area (Å²) in [7, 11) is -2.37. The number of benzene rings is 1. The lowest BCUT2D eigenvalue weighted by Gasteiger charge is -2.35. The molecule has 0 heterocycles. The molecule has 0 aliphatic heterocycles. The lowest BCUT2D eigenvalue weighted by molar-refractivity contribution is -0.147. The largest absolute Gasteiger partial charge is 0.469 e. The second-order valence-corrected chi connectivity index (χ2v) is 8.88. The number of ether oxygens (including phenoxy) is 1. The third-order valence-corrected chi connectivity index (χ3v) is 7.32. The van der Waals surface area contributed by atoms with E-state index in [1.807, 2.05) is 19.1 Å². The summed E-state index contributed by atoms with van der Waals surface area (Å²) < 4.78 is 33.3. The van der Waals surface area contributed by atoms with Gasteiger partial charge in [-0.15, -0.1) is 6.58 Å². The second-order valence-electron chi connectivity index (χ2n) is 6.99. The summed E-state index contributed by atoms with van der Waals surface area (Å²) in [6.07, 6.45) is 7.08. The molecule has 0 aromatic heterocycles. The van der Waals surface area contributed by atoms with Crippen molar-refractivity contribution in [2.45, 2.75) is 30.7 Å². The second kappa shape index (κ2) is 7.37. The maximum atomic E-state index is 13.4. The SMILES string of the molecule is C=CCCN([C@H]1[C@H](C(=O)OC)[C@H]2C=C[C@@H]1C2)S(=O)(=O)c1ccc(C)cc1. The Bertz CT molecular complexity index is 813. The Morgan fingerprint density at radius 3 is 2.54 bits per heavy atom. The van der Waals surface area contributed by atoms with Crippen LogP contribution in [0.15, 0.2) is 54.0 Å². The van der Waals surface area contributed by atoms with Gasteiger partial charge in [-0.05, 0) is 43.7 Å². The predicted molar refractivity (Wildman–Crippen MR) is 99.9 cm³/mol. The van der Waals surface area contributed by atoms with Crippen molar-refractivity contribution < 1.29 is 17.9 Å². The molecule has 0 N–H and O–H groups in total. The van der Waals surface area contributed by atoms with Crippen LogP contribution in [-0.4, -0.2) is 38.4 Å². The van der Waals surface area contributed by atoms with E-state index < -0.39 is 22.0 Å². The van der Waals surface area contributed by atoms with Gasteiger partial charge in [0, 0.05) is 12.6 Å². The van der Waals surface area contributed by atoms with Crippen LogP contribution in [0.25, 0.3) is 0 Å². The van der Waals surface area contributed by atoms with Gasteiger partial charge in [-0.25, -0.2) is 8.42 Å². The minimum absolute atomic E-state index is 0.0362. The number of allylic oxidation sites excluding steroid dienone is 1. The number of hydrogen-bond donors (Lipinski definition) is 0. The van der Waals surface area contributed by atoms with Gasteiger partial charge in [0.05, 0.1) is 17.9 Å². The molecule has 2 aliphatic rings. The summed E-state index contributed by atoms with van der Waals surface area (Å²) in [4.78, 5) is 12.7. The van der Waals surface area contributed by atoms with Crippen molar-refractivity contribution in [2.24, 2.45) is 17.8 Å². The zero-order valence-electron chi connectivity index (χ0n) is 15.2. The molecule has 1 saturated carbocycles. The summed E-state index contributed by atoms with van der Waals surface area (Å²) in [6, 6.07) is 6.42. The van der Waals surface area contributed by atoms with Gasteiger partial charge in [0.2, 0.25) is 10.0 Å². The van der Waals surface area contributed by atoms with Crippen molar-refractivity contribution in [1.82, 2.24) is 4.31 Å². The van der Waals surface area contributed by atoms with Crippen molar-refractivity contribution in [3.8, 4) is 0 Å². The summed E-state index contributed by atoms with van der Waals surface area (Å²) in [5, 5.41) is 0. The van der Waals surface area contributed by atoms with E-state index >= 15 is 0 Å². The number of methoxy groups -OCH3 is 1. The summed E-state index contributed by atoms with van der Waals surface area (Å²) in [5.74, 6) is -0.722. The van der Waals surface area contributed by atoms with Crippen LogP contribution >= 0.6 is 0 Å². The lowest BCUT2D eigenvalue weighted by atomic mass is 9.89. The van der Waals surface area contributed by atoms with Gasteiger partial charge < -0.3 is 4.74 Å². The molecule has 0 radical (unpaired) electrons. The molecule has 4 atom stereocenters. The van der Waals surface area contributed by atoms with E-state index in [-0.39, 0.29) is 22.7 Å². The van der Waals surface area contributed by atoms with E-state index in [0.717, 1.165) is 12.0 Å². The molecular weight excluding hydrogens is 350 g/mol. The van der Waals surface area contributed by atoms with Crippen molar-refractivity contribution >= 4 is 16.0 Å². The maximum Gasteiger partial charge on any atom is 0.310 e. The average molecular weight is 375 g/mol. The molecule has 2 bridgehead atoms. The van der Waals surface area contributed by atoms with E-state index in [4.69, 9.17) is 4.74 Å². The first-order valence-corrected chi connectivity index (χ1v) is 10.3. The lowest BCUT2D eigenvalue weighted by Crippen LogP contribution is -2.49. The summed E-state index contributed by atoms with van der Waals surface area (Å²) >= 11 is 0. The highest BCUT2D eigenvalue weighted by Crippen LogP contribution is 2.48. The first-order chi connectivity index (χ1) is 12.4.